The number of nitrogen functional groups attached to an aromatic ring is 1. The molecule has 1 fully saturated rings. The van der Waals surface area contributed by atoms with Gasteiger partial charge in [-0.1, -0.05) is 0 Å². The third-order valence-electron chi connectivity index (χ3n) is 9.59. The Kier molecular flexibility index (Phi) is 15.4. The number of halogens is 3. The van der Waals surface area contributed by atoms with E-state index in [-0.39, 0.29) is 92.1 Å². The monoisotopic (exact) mass is 872 g/mol. The van der Waals surface area contributed by atoms with E-state index in [9.17, 15) is 51.5 Å². The Morgan fingerprint density at radius 1 is 0.935 bits per heavy atom. The number of fused-ring (bicyclic) bond motifs is 1. The summed E-state index contributed by atoms with van der Waals surface area (Å²) in [5, 5.41) is 7.79. The van der Waals surface area contributed by atoms with E-state index in [2.05, 4.69) is 35.9 Å². The van der Waals surface area contributed by atoms with E-state index in [0.29, 0.717) is 17.7 Å². The average molecular weight is 873 g/mol. The second-order valence-electron chi connectivity index (χ2n) is 13.9. The van der Waals surface area contributed by atoms with Gasteiger partial charge in [-0.25, -0.2) is 14.8 Å². The van der Waals surface area contributed by atoms with Gasteiger partial charge in [0.05, 0.1) is 38.8 Å². The SMILES string of the molecule is COC(=O)[C@H](CCC(=O)NCCOC1(OCCNC(=O)CCN2C(=O)C=CC2=O)CCCC1)NC(=O)c1ccc(N(Cc2cnc3nc(N)[nH]c(=O)c3n2)C(=O)C(F)(F)F)cc1. The number of nitrogens with zero attached hydrogens (tertiary/aromatic N) is 5. The molecule has 6 N–H and O–H groups in total. The number of H-pyrrole nitrogens is 1. The number of carbonyl (C=O) groups excluding carboxylic acids is 7. The summed E-state index contributed by atoms with van der Waals surface area (Å²) in [6.45, 7) is -0.372. The van der Waals surface area contributed by atoms with Gasteiger partial charge in [0.2, 0.25) is 17.8 Å². The number of hydrogen-bond acceptors (Lipinski definition) is 15. The van der Waals surface area contributed by atoms with Crippen LogP contribution in [0.2, 0.25) is 0 Å². The molecule has 21 nitrogen and oxygen atoms in total. The second kappa shape index (κ2) is 20.6. The molecule has 2 aliphatic rings. The van der Waals surface area contributed by atoms with Gasteiger partial charge in [0.15, 0.2) is 17.0 Å². The van der Waals surface area contributed by atoms with Crippen LogP contribution in [-0.4, -0.2) is 124 Å². The molecule has 3 heterocycles. The van der Waals surface area contributed by atoms with E-state index in [1.165, 1.54) is 0 Å². The van der Waals surface area contributed by atoms with Crippen molar-refractivity contribution < 1.29 is 60.9 Å². The minimum Gasteiger partial charge on any atom is -0.467 e. The second-order valence-corrected chi connectivity index (χ2v) is 13.9. The number of nitrogens with two attached hydrogens (primary N) is 1. The Balaban J connectivity index is 1.08. The maximum absolute atomic E-state index is 13.7. The number of imide groups is 1. The zero-order valence-electron chi connectivity index (χ0n) is 33.2. The van der Waals surface area contributed by atoms with Crippen LogP contribution in [0.3, 0.4) is 0 Å². The topological polar surface area (TPSA) is 287 Å². The lowest BCUT2D eigenvalue weighted by molar-refractivity contribution is -0.230. The highest BCUT2D eigenvalue weighted by Crippen LogP contribution is 2.34. The van der Waals surface area contributed by atoms with Gasteiger partial charge in [0.25, 0.3) is 23.3 Å². The number of nitrogens with one attached hydrogen (secondary N) is 4. The molecule has 1 atom stereocenters. The molecule has 1 aromatic carbocycles. The molecular weight excluding hydrogens is 829 g/mol. The molecule has 0 saturated heterocycles. The number of alkyl halides is 3. The summed E-state index contributed by atoms with van der Waals surface area (Å²) >= 11 is 0. The van der Waals surface area contributed by atoms with Crippen molar-refractivity contribution in [3.63, 3.8) is 0 Å². The van der Waals surface area contributed by atoms with E-state index < -0.39 is 65.6 Å². The Morgan fingerprint density at radius 2 is 1.55 bits per heavy atom. The quantitative estimate of drug-likeness (QED) is 0.0442. The number of rotatable bonds is 20. The maximum Gasteiger partial charge on any atom is 0.471 e. The van der Waals surface area contributed by atoms with Crippen molar-refractivity contribution in [2.75, 3.05) is 50.6 Å². The number of amides is 6. The largest absolute Gasteiger partial charge is 0.471 e. The summed E-state index contributed by atoms with van der Waals surface area (Å²) in [5.74, 6) is -6.93. The summed E-state index contributed by atoms with van der Waals surface area (Å²) in [5.41, 5.74) is 3.60. The van der Waals surface area contributed by atoms with E-state index in [4.69, 9.17) is 19.9 Å². The van der Waals surface area contributed by atoms with Crippen LogP contribution in [0.15, 0.2) is 47.4 Å². The first-order chi connectivity index (χ1) is 29.5. The molecule has 0 radical (unpaired) electrons. The number of aromatic nitrogens is 4. The average Bonchev–Trinajstić information content (AvgIpc) is 3.84. The van der Waals surface area contributed by atoms with Crippen molar-refractivity contribution in [1.82, 2.24) is 40.8 Å². The Bertz CT molecular complexity index is 2250. The van der Waals surface area contributed by atoms with Gasteiger partial charge >= 0.3 is 18.1 Å². The highest BCUT2D eigenvalue weighted by atomic mass is 19.4. The summed E-state index contributed by atoms with van der Waals surface area (Å²) in [6, 6.07) is 3.07. The van der Waals surface area contributed by atoms with Crippen molar-refractivity contribution in [3.05, 3.63) is 64.2 Å². The molecule has 1 saturated carbocycles. The molecule has 62 heavy (non-hydrogen) atoms. The fourth-order valence-electron chi connectivity index (χ4n) is 6.48. The molecule has 1 aliphatic carbocycles. The molecule has 0 bridgehead atoms. The number of carbonyl (C=O) groups is 7. The third-order valence-corrected chi connectivity index (χ3v) is 9.59. The van der Waals surface area contributed by atoms with Crippen LogP contribution in [0.25, 0.3) is 11.2 Å². The molecule has 3 aromatic rings. The number of aromatic amines is 1. The van der Waals surface area contributed by atoms with E-state index >= 15 is 0 Å². The maximum atomic E-state index is 13.7. The van der Waals surface area contributed by atoms with E-state index in [0.717, 1.165) is 67.5 Å². The number of hydrogen-bond donors (Lipinski definition) is 5. The van der Waals surface area contributed by atoms with Crippen LogP contribution < -0.4 is 32.1 Å². The number of methoxy groups -OCH3 is 1. The van der Waals surface area contributed by atoms with Crippen LogP contribution in [0, 0.1) is 0 Å². The highest BCUT2D eigenvalue weighted by molar-refractivity contribution is 6.13. The van der Waals surface area contributed by atoms with Gasteiger partial charge in [0, 0.05) is 68.7 Å². The Hall–Kier alpha value is -6.82. The van der Waals surface area contributed by atoms with Crippen molar-refractivity contribution >= 4 is 64.2 Å². The molecule has 2 aromatic heterocycles. The van der Waals surface area contributed by atoms with Crippen LogP contribution >= 0.6 is 0 Å². The lowest BCUT2D eigenvalue weighted by atomic mass is 10.1. The molecule has 5 rings (SSSR count). The van der Waals surface area contributed by atoms with Crippen molar-refractivity contribution in [3.8, 4) is 0 Å². The summed E-state index contributed by atoms with van der Waals surface area (Å²) in [7, 11) is 1.08. The van der Waals surface area contributed by atoms with Crippen molar-refractivity contribution in [2.24, 2.45) is 0 Å². The predicted octanol–water partition coefficient (Wildman–Crippen LogP) is 0.293. The van der Waals surface area contributed by atoms with Gasteiger partial charge in [-0.2, -0.15) is 18.2 Å². The van der Waals surface area contributed by atoms with Crippen LogP contribution in [-0.2, 0) is 49.5 Å². The van der Waals surface area contributed by atoms with E-state index in [1.54, 1.807) is 0 Å². The number of anilines is 2. The van der Waals surface area contributed by atoms with Gasteiger partial charge < -0.3 is 35.9 Å². The minimum absolute atomic E-state index is 0.0404. The first-order valence-corrected chi connectivity index (χ1v) is 19.2. The molecular formula is C38H43F3N10O11. The zero-order valence-corrected chi connectivity index (χ0v) is 33.2. The number of esters is 1. The lowest BCUT2D eigenvalue weighted by Gasteiger charge is -2.29. The summed E-state index contributed by atoms with van der Waals surface area (Å²) in [6.07, 6.45) is 0.381. The van der Waals surface area contributed by atoms with Gasteiger partial charge in [0.1, 0.15) is 6.04 Å². The van der Waals surface area contributed by atoms with Crippen molar-refractivity contribution in [1.29, 1.82) is 0 Å². The summed E-state index contributed by atoms with van der Waals surface area (Å²) in [4.78, 5) is 114. The minimum atomic E-state index is -5.32. The Morgan fingerprint density at radius 3 is 2.15 bits per heavy atom. The molecule has 332 valence electrons. The van der Waals surface area contributed by atoms with Crippen molar-refractivity contribution in [2.45, 2.75) is 69.5 Å². The van der Waals surface area contributed by atoms with Gasteiger partial charge in [-0.15, -0.1) is 0 Å². The lowest BCUT2D eigenvalue weighted by Crippen LogP contribution is -2.43. The van der Waals surface area contributed by atoms with Crippen LogP contribution in [0.5, 0.6) is 0 Å². The predicted molar refractivity (Wildman–Crippen MR) is 208 cm³/mol. The van der Waals surface area contributed by atoms with Gasteiger partial charge in [-0.3, -0.25) is 48.3 Å². The van der Waals surface area contributed by atoms with Crippen LogP contribution in [0.1, 0.15) is 61.0 Å². The summed E-state index contributed by atoms with van der Waals surface area (Å²) < 4.78 is 57.8. The fraction of sp³-hybridized carbons (Fsp3) is 0.447. The first-order valence-electron chi connectivity index (χ1n) is 19.2. The zero-order chi connectivity index (χ0) is 45.0. The third kappa shape index (κ3) is 12.4. The molecule has 6 amide bonds. The molecule has 0 spiro atoms. The number of benzene rings is 1. The molecule has 24 heteroatoms. The molecule has 0 unspecified atom stereocenters. The normalized spacial score (nSPS) is 15.1. The fourth-order valence-corrected chi connectivity index (χ4v) is 6.48. The number of ether oxygens (including phenoxy) is 3. The Labute approximate surface area is 349 Å². The highest BCUT2D eigenvalue weighted by Gasteiger charge is 2.43. The molecule has 1 aliphatic heterocycles. The standard InChI is InChI=1S/C38H43F3N10O11/c1-60-34(58)25(8-9-26(52)43-15-18-61-37(13-2-3-14-37)62-19-16-44-27(53)12-17-50-28(54)10-11-29(50)55)47-32(56)22-4-6-24(7-5-22)51(35(59)38(39,40)41)21-23-20-45-31-30(46-23)33(57)49-36(42)48-31/h4-7,10-11,20,25H,2-3,8-9,12-19,21H2,1H3,(H,43,52)(H,44,53)(H,47,56)(H3,42,45,48,49,57)/t25-/m0/s1. The van der Waals surface area contributed by atoms with E-state index in [1.807, 2.05) is 0 Å². The van der Waals surface area contributed by atoms with Gasteiger partial charge in [-0.05, 0) is 43.5 Å². The first kappa shape index (κ1) is 46.2. The van der Waals surface area contributed by atoms with Crippen LogP contribution in [0.4, 0.5) is 24.8 Å². The smallest absolute Gasteiger partial charge is 0.467 e.